The maximum absolute atomic E-state index is 13.3. The Balaban J connectivity index is 1.54. The molecule has 1 saturated carbocycles. The third kappa shape index (κ3) is 4.14. The van der Waals surface area contributed by atoms with E-state index in [-0.39, 0.29) is 24.0 Å². The van der Waals surface area contributed by atoms with E-state index in [0.29, 0.717) is 11.7 Å². The molecule has 3 aromatic rings. The second kappa shape index (κ2) is 8.79. The van der Waals surface area contributed by atoms with E-state index in [9.17, 15) is 4.79 Å². The first-order chi connectivity index (χ1) is 14.6. The Morgan fingerprint density at radius 3 is 2.13 bits per heavy atom. The third-order valence-electron chi connectivity index (χ3n) is 6.00. The van der Waals surface area contributed by atoms with E-state index >= 15 is 0 Å². The van der Waals surface area contributed by atoms with Crippen LogP contribution in [0.2, 0.25) is 0 Å². The predicted octanol–water partition coefficient (Wildman–Crippen LogP) is 3.98. The molecule has 0 atom stereocenters. The van der Waals surface area contributed by atoms with Gasteiger partial charge in [-0.2, -0.15) is 4.98 Å². The monoisotopic (exact) mass is 404 g/mol. The van der Waals surface area contributed by atoms with Crippen LogP contribution in [0.25, 0.3) is 0 Å². The number of aryl methyl sites for hydroxylation is 1. The van der Waals surface area contributed by atoms with Gasteiger partial charge in [-0.05, 0) is 24.0 Å². The number of aromatic nitrogens is 2. The molecule has 0 saturated heterocycles. The van der Waals surface area contributed by atoms with Crippen LogP contribution in [0.15, 0.2) is 65.2 Å². The van der Waals surface area contributed by atoms with Crippen molar-refractivity contribution < 1.29 is 9.32 Å². The second-order valence-electron chi connectivity index (χ2n) is 8.01. The Bertz CT molecular complexity index is 926. The Labute approximate surface area is 177 Å². The molecule has 1 amide bonds. The van der Waals surface area contributed by atoms with Gasteiger partial charge < -0.3 is 9.42 Å². The molecule has 1 aliphatic rings. The van der Waals surface area contributed by atoms with Crippen LogP contribution in [0.1, 0.15) is 54.6 Å². The van der Waals surface area contributed by atoms with Crippen LogP contribution in [0.5, 0.6) is 0 Å². The summed E-state index contributed by atoms with van der Waals surface area (Å²) >= 11 is 0. The molecule has 0 spiro atoms. The summed E-state index contributed by atoms with van der Waals surface area (Å²) in [4.78, 5) is 19.5. The fourth-order valence-corrected chi connectivity index (χ4v) is 4.38. The van der Waals surface area contributed by atoms with Gasteiger partial charge in [0.25, 0.3) is 0 Å². The minimum Gasteiger partial charge on any atom is -0.340 e. The van der Waals surface area contributed by atoms with E-state index in [1.54, 1.807) is 6.92 Å². The van der Waals surface area contributed by atoms with Gasteiger partial charge in [0.15, 0.2) is 5.82 Å². The normalized spacial score (nSPS) is 15.4. The zero-order chi connectivity index (χ0) is 21.0. The van der Waals surface area contributed by atoms with Crippen LogP contribution in [0, 0.1) is 6.92 Å². The first-order valence-electron chi connectivity index (χ1n) is 10.5. The number of carbonyl (C=O) groups is 1. The standard InChI is InChI=1S/C24H28N4O2/c1-18-26-23(27-30-18)24(15-9-10-16-24)25-17-21(29)28(2)22(19-11-5-3-6-12-19)20-13-7-4-8-14-20/h3-8,11-14,22,25H,9-10,15-17H2,1-2H3. The molecular formula is C24H28N4O2. The zero-order valence-corrected chi connectivity index (χ0v) is 17.5. The van der Waals surface area contributed by atoms with Crippen molar-refractivity contribution in [3.8, 4) is 0 Å². The lowest BCUT2D eigenvalue weighted by atomic mass is 9.96. The van der Waals surface area contributed by atoms with Crippen molar-refractivity contribution in [1.29, 1.82) is 0 Å². The summed E-state index contributed by atoms with van der Waals surface area (Å²) in [6, 6.07) is 20.1. The van der Waals surface area contributed by atoms with E-state index in [0.717, 1.165) is 36.8 Å². The lowest BCUT2D eigenvalue weighted by molar-refractivity contribution is -0.130. The number of nitrogens with one attached hydrogen (secondary N) is 1. The number of likely N-dealkylation sites (N-methyl/N-ethyl adjacent to an activating group) is 1. The molecule has 2 aromatic carbocycles. The van der Waals surface area contributed by atoms with E-state index in [4.69, 9.17) is 4.52 Å². The van der Waals surface area contributed by atoms with Gasteiger partial charge in [-0.1, -0.05) is 78.7 Å². The number of carbonyl (C=O) groups excluding carboxylic acids is 1. The highest BCUT2D eigenvalue weighted by Gasteiger charge is 2.40. The van der Waals surface area contributed by atoms with Crippen molar-refractivity contribution in [1.82, 2.24) is 20.4 Å². The number of hydrogen-bond donors (Lipinski definition) is 1. The summed E-state index contributed by atoms with van der Waals surface area (Å²) in [5, 5.41) is 7.64. The summed E-state index contributed by atoms with van der Waals surface area (Å²) in [7, 11) is 1.87. The van der Waals surface area contributed by atoms with Gasteiger partial charge in [0, 0.05) is 14.0 Å². The molecule has 6 heteroatoms. The fraction of sp³-hybridized carbons (Fsp3) is 0.375. The van der Waals surface area contributed by atoms with Crippen LogP contribution in [-0.2, 0) is 10.3 Å². The summed E-state index contributed by atoms with van der Waals surface area (Å²) < 4.78 is 5.21. The molecule has 0 unspecified atom stereocenters. The van der Waals surface area contributed by atoms with Crippen molar-refractivity contribution in [3.63, 3.8) is 0 Å². The van der Waals surface area contributed by atoms with Crippen LogP contribution in [-0.4, -0.2) is 34.5 Å². The van der Waals surface area contributed by atoms with Crippen LogP contribution < -0.4 is 5.32 Å². The zero-order valence-electron chi connectivity index (χ0n) is 17.5. The maximum Gasteiger partial charge on any atom is 0.237 e. The molecule has 30 heavy (non-hydrogen) atoms. The number of rotatable bonds is 7. The summed E-state index contributed by atoms with van der Waals surface area (Å²) in [6.45, 7) is 2.02. The van der Waals surface area contributed by atoms with Crippen molar-refractivity contribution in [2.75, 3.05) is 13.6 Å². The minimum absolute atomic E-state index is 0.0270. The van der Waals surface area contributed by atoms with Crippen molar-refractivity contribution in [2.24, 2.45) is 0 Å². The largest absolute Gasteiger partial charge is 0.340 e. The first-order valence-corrected chi connectivity index (χ1v) is 10.5. The Morgan fingerprint density at radius 2 is 1.63 bits per heavy atom. The minimum atomic E-state index is -0.386. The highest BCUT2D eigenvalue weighted by atomic mass is 16.5. The Kier molecular flexibility index (Phi) is 5.95. The molecular weight excluding hydrogens is 376 g/mol. The van der Waals surface area contributed by atoms with Crippen molar-refractivity contribution in [3.05, 3.63) is 83.5 Å². The highest BCUT2D eigenvalue weighted by Crippen LogP contribution is 2.37. The van der Waals surface area contributed by atoms with E-state index in [2.05, 4.69) is 39.7 Å². The molecule has 156 valence electrons. The molecule has 1 heterocycles. The molecule has 0 radical (unpaired) electrons. The summed E-state index contributed by atoms with van der Waals surface area (Å²) in [6.07, 6.45) is 3.98. The quantitative estimate of drug-likeness (QED) is 0.645. The number of nitrogens with zero attached hydrogens (tertiary/aromatic N) is 3. The van der Waals surface area contributed by atoms with E-state index in [1.807, 2.05) is 48.3 Å². The summed E-state index contributed by atoms with van der Waals surface area (Å²) in [5.41, 5.74) is 1.79. The Hall–Kier alpha value is -2.99. The molecule has 1 aliphatic carbocycles. The lowest BCUT2D eigenvalue weighted by Gasteiger charge is -2.32. The van der Waals surface area contributed by atoms with E-state index in [1.165, 1.54) is 0 Å². The topological polar surface area (TPSA) is 71.3 Å². The third-order valence-corrected chi connectivity index (χ3v) is 6.00. The van der Waals surface area contributed by atoms with Gasteiger partial charge >= 0.3 is 0 Å². The van der Waals surface area contributed by atoms with Crippen molar-refractivity contribution >= 4 is 5.91 Å². The average molecular weight is 405 g/mol. The van der Waals surface area contributed by atoms with Gasteiger partial charge in [-0.25, -0.2) is 0 Å². The second-order valence-corrected chi connectivity index (χ2v) is 8.01. The predicted molar refractivity (Wildman–Crippen MR) is 115 cm³/mol. The van der Waals surface area contributed by atoms with Crippen molar-refractivity contribution in [2.45, 2.75) is 44.2 Å². The molecule has 1 N–H and O–H groups in total. The van der Waals surface area contributed by atoms with E-state index < -0.39 is 0 Å². The maximum atomic E-state index is 13.3. The van der Waals surface area contributed by atoms with Crippen LogP contribution in [0.4, 0.5) is 0 Å². The van der Waals surface area contributed by atoms with Crippen LogP contribution >= 0.6 is 0 Å². The molecule has 0 bridgehead atoms. The molecule has 6 nitrogen and oxygen atoms in total. The Morgan fingerprint density at radius 1 is 1.07 bits per heavy atom. The number of amides is 1. The molecule has 1 fully saturated rings. The van der Waals surface area contributed by atoms with Gasteiger partial charge in [0.2, 0.25) is 11.8 Å². The van der Waals surface area contributed by atoms with Gasteiger partial charge in [0.1, 0.15) is 0 Å². The average Bonchev–Trinajstić information content (AvgIpc) is 3.44. The summed E-state index contributed by atoms with van der Waals surface area (Å²) in [5.74, 6) is 1.24. The molecule has 4 rings (SSSR count). The first kappa shape index (κ1) is 20.3. The van der Waals surface area contributed by atoms with Gasteiger partial charge in [-0.3, -0.25) is 10.1 Å². The number of hydrogen-bond acceptors (Lipinski definition) is 5. The van der Waals surface area contributed by atoms with Gasteiger partial charge in [0.05, 0.1) is 18.1 Å². The molecule has 1 aromatic heterocycles. The molecule has 0 aliphatic heterocycles. The smallest absolute Gasteiger partial charge is 0.237 e. The SMILES string of the molecule is Cc1nc(C2(NCC(=O)N(C)C(c3ccccc3)c3ccccc3)CCCC2)no1. The lowest BCUT2D eigenvalue weighted by Crippen LogP contribution is -2.47. The fourth-order valence-electron chi connectivity index (χ4n) is 4.38. The van der Waals surface area contributed by atoms with Crippen LogP contribution in [0.3, 0.4) is 0 Å². The number of benzene rings is 2. The highest BCUT2D eigenvalue weighted by molar-refractivity contribution is 5.79. The van der Waals surface area contributed by atoms with Gasteiger partial charge in [-0.15, -0.1) is 0 Å².